The van der Waals surface area contributed by atoms with Crippen LogP contribution in [-0.2, 0) is 11.2 Å². The van der Waals surface area contributed by atoms with Crippen LogP contribution in [0.15, 0.2) is 67.1 Å². The van der Waals surface area contributed by atoms with Crippen molar-refractivity contribution in [2.45, 2.75) is 91.0 Å². The highest BCUT2D eigenvalue weighted by atomic mass is 16.1. The Morgan fingerprint density at radius 3 is 2.59 bits per heavy atom. The number of anilines is 1. The van der Waals surface area contributed by atoms with Crippen molar-refractivity contribution in [3.63, 3.8) is 0 Å². The van der Waals surface area contributed by atoms with E-state index in [4.69, 9.17) is 4.98 Å². The van der Waals surface area contributed by atoms with Crippen molar-refractivity contribution in [3.05, 3.63) is 78.2 Å². The lowest BCUT2D eigenvalue weighted by Crippen LogP contribution is -2.10. The fourth-order valence-corrected chi connectivity index (χ4v) is 5.28. The monoisotopic (exact) mass is 527 g/mol. The minimum atomic E-state index is 0. The number of rotatable bonds is 16. The van der Waals surface area contributed by atoms with Gasteiger partial charge in [-0.3, -0.25) is 9.36 Å². The third kappa shape index (κ3) is 8.22. The van der Waals surface area contributed by atoms with E-state index >= 15 is 0 Å². The van der Waals surface area contributed by atoms with Gasteiger partial charge in [-0.05, 0) is 61.4 Å². The number of aromatic nitrogens is 4. The number of aryl methyl sites for hydroxylation is 1. The topological polar surface area (TPSA) is 72.7 Å². The molecule has 2 aromatic heterocycles. The molecule has 1 N–H and O–H groups in total. The minimum absolute atomic E-state index is 0. The molecule has 0 spiro atoms. The molecule has 4 rings (SSSR count). The summed E-state index contributed by atoms with van der Waals surface area (Å²) in [5.74, 6) is 2.48. The Kier molecular flexibility index (Phi) is 10.6. The molecular formula is C33H45N5O. The van der Waals surface area contributed by atoms with Crippen LogP contribution in [0.1, 0.15) is 97.2 Å². The summed E-state index contributed by atoms with van der Waals surface area (Å²) in [4.78, 5) is 26.3. The molecule has 208 valence electrons. The van der Waals surface area contributed by atoms with E-state index in [9.17, 15) is 4.79 Å². The van der Waals surface area contributed by atoms with Gasteiger partial charge in [0.1, 0.15) is 17.9 Å². The molecule has 1 unspecified atom stereocenters. The van der Waals surface area contributed by atoms with Gasteiger partial charge in [0.25, 0.3) is 0 Å². The zero-order chi connectivity index (χ0) is 27.5. The fourth-order valence-electron chi connectivity index (χ4n) is 5.28. The van der Waals surface area contributed by atoms with Crippen LogP contribution in [0, 0.1) is 5.92 Å². The highest BCUT2D eigenvalue weighted by molar-refractivity contribution is 5.79. The molecule has 0 aliphatic carbocycles. The summed E-state index contributed by atoms with van der Waals surface area (Å²) in [6.45, 7) is 6.59. The molecule has 0 saturated heterocycles. The predicted molar refractivity (Wildman–Crippen MR) is 162 cm³/mol. The van der Waals surface area contributed by atoms with E-state index in [1.165, 1.54) is 43.2 Å². The average Bonchev–Trinajstić information content (AvgIpc) is 3.38. The summed E-state index contributed by atoms with van der Waals surface area (Å²) < 4.78 is 1.99. The lowest BCUT2D eigenvalue weighted by Gasteiger charge is -2.15. The second kappa shape index (κ2) is 14.6. The summed E-state index contributed by atoms with van der Waals surface area (Å²) in [7, 11) is 0. The number of ketones is 1. The maximum atomic E-state index is 12.5. The van der Waals surface area contributed by atoms with Crippen molar-refractivity contribution in [3.8, 4) is 5.82 Å². The Hall–Kier alpha value is -3.54. The smallest absolute Gasteiger partial charge is 0.225 e. The summed E-state index contributed by atoms with van der Waals surface area (Å²) >= 11 is 0. The van der Waals surface area contributed by atoms with E-state index in [-0.39, 0.29) is 7.47 Å². The molecule has 39 heavy (non-hydrogen) atoms. The van der Waals surface area contributed by atoms with Crippen molar-refractivity contribution in [2.75, 3.05) is 5.32 Å². The largest absolute Gasteiger partial charge is 0.348 e. The standard InChI is InChI=1S/C33H43N5O.H2/c1-4-6-12-26(11-5-2)17-19-29(39)16-10-13-27-18-20-31-30(23-27)35-24-38(31)32-21-22-34-33(37-32)36-25(3)28-14-8-7-9-15-28;/h7-9,14-15,18,20-26H,4-6,10-13,16-17,19H2,1-3H3,(H,34,36,37);1H/t25-,26?;/m0./s1. The number of benzene rings is 2. The molecule has 0 radical (unpaired) electrons. The number of nitrogens with zero attached hydrogens (tertiary/aromatic N) is 4. The number of carbonyl (C=O) groups excluding carboxylic acids is 1. The van der Waals surface area contributed by atoms with Crippen LogP contribution in [0.3, 0.4) is 0 Å². The van der Waals surface area contributed by atoms with Crippen LogP contribution in [-0.4, -0.2) is 25.3 Å². The first-order chi connectivity index (χ1) is 19.1. The molecule has 4 aromatic rings. The molecule has 0 aliphatic heterocycles. The summed E-state index contributed by atoms with van der Waals surface area (Å²) in [6.07, 6.45) is 14.1. The van der Waals surface area contributed by atoms with Gasteiger partial charge in [-0.2, -0.15) is 4.98 Å². The molecule has 0 bridgehead atoms. The van der Waals surface area contributed by atoms with Crippen LogP contribution in [0.5, 0.6) is 0 Å². The predicted octanol–water partition coefficient (Wildman–Crippen LogP) is 8.51. The van der Waals surface area contributed by atoms with Crippen molar-refractivity contribution in [1.82, 2.24) is 19.5 Å². The molecule has 2 atom stereocenters. The lowest BCUT2D eigenvalue weighted by molar-refractivity contribution is -0.119. The van der Waals surface area contributed by atoms with Crippen LogP contribution < -0.4 is 5.32 Å². The lowest BCUT2D eigenvalue weighted by atomic mass is 9.91. The third-order valence-corrected chi connectivity index (χ3v) is 7.56. The van der Waals surface area contributed by atoms with E-state index < -0.39 is 0 Å². The minimum Gasteiger partial charge on any atom is -0.348 e. The number of carbonyl (C=O) groups is 1. The summed E-state index contributed by atoms with van der Waals surface area (Å²) in [5, 5.41) is 3.40. The molecule has 6 nitrogen and oxygen atoms in total. The van der Waals surface area contributed by atoms with Gasteiger partial charge in [-0.1, -0.05) is 82.3 Å². The molecule has 0 amide bonds. The number of Topliss-reactive ketones (excluding diaryl/α,β-unsaturated/α-hetero) is 1. The number of hydrogen-bond donors (Lipinski definition) is 1. The van der Waals surface area contributed by atoms with Gasteiger partial charge in [0.15, 0.2) is 0 Å². The van der Waals surface area contributed by atoms with Crippen molar-refractivity contribution < 1.29 is 6.22 Å². The number of hydrogen-bond acceptors (Lipinski definition) is 5. The van der Waals surface area contributed by atoms with Gasteiger partial charge in [-0.25, -0.2) is 9.97 Å². The van der Waals surface area contributed by atoms with E-state index in [1.54, 1.807) is 6.20 Å². The molecule has 2 aromatic carbocycles. The Morgan fingerprint density at radius 2 is 1.79 bits per heavy atom. The van der Waals surface area contributed by atoms with Crippen molar-refractivity contribution >= 4 is 22.8 Å². The second-order valence-electron chi connectivity index (χ2n) is 10.7. The molecule has 2 heterocycles. The first kappa shape index (κ1) is 28.5. The normalized spacial score (nSPS) is 12.9. The highest BCUT2D eigenvalue weighted by Crippen LogP contribution is 2.23. The summed E-state index contributed by atoms with van der Waals surface area (Å²) in [5.41, 5.74) is 4.34. The van der Waals surface area contributed by atoms with E-state index in [2.05, 4.69) is 66.4 Å². The third-order valence-electron chi connectivity index (χ3n) is 7.56. The van der Waals surface area contributed by atoms with Crippen LogP contribution in [0.25, 0.3) is 16.9 Å². The molecular weight excluding hydrogens is 482 g/mol. The Bertz CT molecular complexity index is 1320. The first-order valence-corrected chi connectivity index (χ1v) is 14.7. The molecule has 0 saturated carbocycles. The highest BCUT2D eigenvalue weighted by Gasteiger charge is 2.12. The van der Waals surface area contributed by atoms with Gasteiger partial charge < -0.3 is 5.32 Å². The number of fused-ring (bicyclic) bond motifs is 1. The van der Waals surface area contributed by atoms with Crippen molar-refractivity contribution in [2.24, 2.45) is 5.92 Å². The van der Waals surface area contributed by atoms with E-state index in [1.807, 2.05) is 35.2 Å². The van der Waals surface area contributed by atoms with Gasteiger partial charge in [0.05, 0.1) is 17.1 Å². The zero-order valence-corrected chi connectivity index (χ0v) is 23.8. The first-order valence-electron chi connectivity index (χ1n) is 14.7. The van der Waals surface area contributed by atoms with Crippen LogP contribution in [0.4, 0.5) is 5.95 Å². The van der Waals surface area contributed by atoms with E-state index in [0.29, 0.717) is 24.1 Å². The fraction of sp³-hybridized carbons (Fsp3) is 0.455. The molecule has 0 fully saturated rings. The van der Waals surface area contributed by atoms with Crippen LogP contribution >= 0.6 is 0 Å². The van der Waals surface area contributed by atoms with E-state index in [0.717, 1.165) is 42.5 Å². The van der Waals surface area contributed by atoms with Crippen LogP contribution in [0.2, 0.25) is 0 Å². The second-order valence-corrected chi connectivity index (χ2v) is 10.7. The van der Waals surface area contributed by atoms with Gasteiger partial charge in [-0.15, -0.1) is 0 Å². The Morgan fingerprint density at radius 1 is 0.949 bits per heavy atom. The summed E-state index contributed by atoms with van der Waals surface area (Å²) in [6, 6.07) is 18.6. The Labute approximate surface area is 234 Å². The quantitative estimate of drug-likeness (QED) is 0.158. The van der Waals surface area contributed by atoms with Gasteiger partial charge in [0, 0.05) is 20.5 Å². The maximum absolute atomic E-state index is 12.5. The number of imidazole rings is 1. The number of nitrogens with one attached hydrogen (secondary N) is 1. The SMILES string of the molecule is CCCCC(CCC)CCC(=O)CCCc1ccc2c(c1)ncn2-c1ccnc(N[C@@H](C)c2ccccc2)n1.[HH]. The number of unbranched alkanes of at least 4 members (excludes halogenated alkanes) is 1. The molecule has 0 aliphatic rings. The van der Waals surface area contributed by atoms with Crippen molar-refractivity contribution in [1.29, 1.82) is 0 Å². The Balaban J connectivity index is 0.00000441. The maximum Gasteiger partial charge on any atom is 0.225 e. The average molecular weight is 528 g/mol. The zero-order valence-electron chi connectivity index (χ0n) is 23.8. The van der Waals surface area contributed by atoms with Gasteiger partial charge in [0.2, 0.25) is 5.95 Å². The van der Waals surface area contributed by atoms with Gasteiger partial charge >= 0.3 is 0 Å². The molecule has 6 heteroatoms.